The molecule has 2 aromatic heterocycles. The van der Waals surface area contributed by atoms with Gasteiger partial charge in [0, 0.05) is 30.6 Å². The fraction of sp³-hybridized carbons (Fsp3) is 0.188. The second-order valence-corrected chi connectivity index (χ2v) is 5.29. The lowest BCUT2D eigenvalue weighted by molar-refractivity contribution is 0.833. The zero-order valence-corrected chi connectivity index (χ0v) is 13.3. The van der Waals surface area contributed by atoms with Gasteiger partial charge in [0.05, 0.1) is 5.69 Å². The van der Waals surface area contributed by atoms with E-state index in [0.717, 1.165) is 28.6 Å². The molecule has 3 rings (SSSR count). The first-order valence-electron chi connectivity index (χ1n) is 7.27. The summed E-state index contributed by atoms with van der Waals surface area (Å²) in [4.78, 5) is 8.43. The van der Waals surface area contributed by atoms with E-state index in [4.69, 9.17) is 5.73 Å². The van der Waals surface area contributed by atoms with Crippen LogP contribution in [0.4, 0.5) is 23.0 Å². The molecule has 0 saturated heterocycles. The van der Waals surface area contributed by atoms with E-state index in [0.29, 0.717) is 11.5 Å². The zero-order chi connectivity index (χ0) is 16.4. The van der Waals surface area contributed by atoms with Gasteiger partial charge in [0.25, 0.3) is 0 Å². The number of nitrogens with two attached hydrogens (primary N) is 1. The predicted molar refractivity (Wildman–Crippen MR) is 92.3 cm³/mol. The number of aryl methyl sites for hydroxylation is 2. The minimum absolute atomic E-state index is 0.682. The SMILES string of the molecule is CNc1cc(-n2nc(C)cc2Nc2cc(N)ccc2C)ncn1. The van der Waals surface area contributed by atoms with Crippen molar-refractivity contribution >= 4 is 23.0 Å². The number of hydrogen-bond acceptors (Lipinski definition) is 6. The Balaban J connectivity index is 2.02. The van der Waals surface area contributed by atoms with Crippen molar-refractivity contribution in [3.05, 3.63) is 47.9 Å². The van der Waals surface area contributed by atoms with Crippen molar-refractivity contribution in [3.63, 3.8) is 0 Å². The van der Waals surface area contributed by atoms with Gasteiger partial charge in [-0.3, -0.25) is 0 Å². The van der Waals surface area contributed by atoms with Gasteiger partial charge in [-0.15, -0.1) is 0 Å². The van der Waals surface area contributed by atoms with E-state index in [-0.39, 0.29) is 0 Å². The Bertz CT molecular complexity index is 838. The molecule has 0 spiro atoms. The van der Waals surface area contributed by atoms with Crippen LogP contribution in [0.15, 0.2) is 36.7 Å². The van der Waals surface area contributed by atoms with E-state index in [1.54, 1.807) is 4.68 Å². The molecule has 4 N–H and O–H groups in total. The van der Waals surface area contributed by atoms with Crippen LogP contribution in [0.5, 0.6) is 0 Å². The fourth-order valence-corrected chi connectivity index (χ4v) is 2.28. The molecule has 0 fully saturated rings. The van der Waals surface area contributed by atoms with Crippen LogP contribution in [-0.2, 0) is 0 Å². The van der Waals surface area contributed by atoms with Crippen molar-refractivity contribution in [2.75, 3.05) is 23.4 Å². The molecule has 0 atom stereocenters. The highest BCUT2D eigenvalue weighted by molar-refractivity contribution is 5.66. The lowest BCUT2D eigenvalue weighted by Gasteiger charge is -2.12. The fourth-order valence-electron chi connectivity index (χ4n) is 2.28. The second-order valence-electron chi connectivity index (χ2n) is 5.29. The topological polar surface area (TPSA) is 93.7 Å². The van der Waals surface area contributed by atoms with E-state index in [1.807, 2.05) is 51.2 Å². The van der Waals surface area contributed by atoms with Gasteiger partial charge in [-0.2, -0.15) is 9.78 Å². The Morgan fingerprint density at radius 1 is 1.09 bits per heavy atom. The monoisotopic (exact) mass is 309 g/mol. The molecule has 7 heteroatoms. The van der Waals surface area contributed by atoms with Gasteiger partial charge in [0.2, 0.25) is 0 Å². The highest BCUT2D eigenvalue weighted by atomic mass is 15.4. The summed E-state index contributed by atoms with van der Waals surface area (Å²) >= 11 is 0. The number of benzene rings is 1. The van der Waals surface area contributed by atoms with Crippen LogP contribution in [0.1, 0.15) is 11.3 Å². The van der Waals surface area contributed by atoms with Crippen molar-refractivity contribution in [2.24, 2.45) is 0 Å². The molecule has 0 radical (unpaired) electrons. The summed E-state index contributed by atoms with van der Waals surface area (Å²) in [6.07, 6.45) is 1.51. The van der Waals surface area contributed by atoms with Crippen molar-refractivity contribution in [1.29, 1.82) is 0 Å². The molecule has 0 bridgehead atoms. The Hall–Kier alpha value is -3.09. The minimum Gasteiger partial charge on any atom is -0.399 e. The van der Waals surface area contributed by atoms with Gasteiger partial charge in [-0.25, -0.2) is 9.97 Å². The van der Waals surface area contributed by atoms with E-state index in [2.05, 4.69) is 25.7 Å². The summed E-state index contributed by atoms with van der Waals surface area (Å²) in [6.45, 7) is 3.97. The van der Waals surface area contributed by atoms with Crippen LogP contribution >= 0.6 is 0 Å². The molecule has 7 nitrogen and oxygen atoms in total. The van der Waals surface area contributed by atoms with Crippen LogP contribution < -0.4 is 16.4 Å². The maximum atomic E-state index is 5.88. The van der Waals surface area contributed by atoms with E-state index in [9.17, 15) is 0 Å². The summed E-state index contributed by atoms with van der Waals surface area (Å²) in [5, 5.41) is 10.9. The van der Waals surface area contributed by atoms with E-state index < -0.39 is 0 Å². The highest BCUT2D eigenvalue weighted by Crippen LogP contribution is 2.25. The van der Waals surface area contributed by atoms with E-state index >= 15 is 0 Å². The normalized spacial score (nSPS) is 10.6. The predicted octanol–water partition coefficient (Wildman–Crippen LogP) is 2.65. The molecular weight excluding hydrogens is 290 g/mol. The number of hydrogen-bond donors (Lipinski definition) is 3. The molecule has 0 aliphatic carbocycles. The highest BCUT2D eigenvalue weighted by Gasteiger charge is 2.11. The molecule has 0 aliphatic rings. The van der Waals surface area contributed by atoms with Gasteiger partial charge in [-0.1, -0.05) is 6.07 Å². The van der Waals surface area contributed by atoms with E-state index in [1.165, 1.54) is 6.33 Å². The Morgan fingerprint density at radius 2 is 1.91 bits per heavy atom. The third-order valence-corrected chi connectivity index (χ3v) is 3.48. The maximum Gasteiger partial charge on any atom is 0.161 e. The number of aromatic nitrogens is 4. The lowest BCUT2D eigenvalue weighted by Crippen LogP contribution is -2.06. The smallest absolute Gasteiger partial charge is 0.161 e. The van der Waals surface area contributed by atoms with Crippen LogP contribution in [0.25, 0.3) is 5.82 Å². The molecular formula is C16H19N7. The molecule has 0 amide bonds. The summed E-state index contributed by atoms with van der Waals surface area (Å²) in [7, 11) is 1.82. The molecule has 0 saturated carbocycles. The van der Waals surface area contributed by atoms with Crippen LogP contribution in [0.3, 0.4) is 0 Å². The number of anilines is 4. The summed E-state index contributed by atoms with van der Waals surface area (Å²) < 4.78 is 1.75. The maximum absolute atomic E-state index is 5.88. The Kier molecular flexibility index (Phi) is 3.84. The number of nitrogens with zero attached hydrogens (tertiary/aromatic N) is 4. The molecule has 2 heterocycles. The number of rotatable bonds is 4. The average molecular weight is 309 g/mol. The van der Waals surface area contributed by atoms with Gasteiger partial charge in [-0.05, 0) is 31.5 Å². The summed E-state index contributed by atoms with van der Waals surface area (Å²) in [5.74, 6) is 2.23. The first-order chi connectivity index (χ1) is 11.1. The molecule has 1 aromatic carbocycles. The quantitative estimate of drug-likeness (QED) is 0.641. The third kappa shape index (κ3) is 3.08. The van der Waals surface area contributed by atoms with Gasteiger partial charge >= 0.3 is 0 Å². The van der Waals surface area contributed by atoms with Gasteiger partial charge in [0.15, 0.2) is 5.82 Å². The number of nitrogens with one attached hydrogen (secondary N) is 2. The number of nitrogen functional groups attached to an aromatic ring is 1. The largest absolute Gasteiger partial charge is 0.399 e. The van der Waals surface area contributed by atoms with Gasteiger partial charge < -0.3 is 16.4 Å². The first kappa shape index (κ1) is 14.8. The molecule has 0 unspecified atom stereocenters. The van der Waals surface area contributed by atoms with Crippen molar-refractivity contribution in [1.82, 2.24) is 19.7 Å². The van der Waals surface area contributed by atoms with Crippen molar-refractivity contribution in [3.8, 4) is 5.82 Å². The third-order valence-electron chi connectivity index (χ3n) is 3.48. The standard InChI is InChI=1S/C16H19N7/c1-10-4-5-12(17)7-13(10)21-16-6-11(2)22-23(16)15-8-14(18-3)19-9-20-15/h4-9,21H,17H2,1-3H3,(H,18,19,20). The second kappa shape index (κ2) is 5.96. The average Bonchev–Trinajstić information content (AvgIpc) is 2.91. The Labute approximate surface area is 134 Å². The minimum atomic E-state index is 0.682. The summed E-state index contributed by atoms with van der Waals surface area (Å²) in [6, 6.07) is 9.57. The molecule has 0 aliphatic heterocycles. The van der Waals surface area contributed by atoms with Crippen molar-refractivity contribution < 1.29 is 0 Å². The molecule has 118 valence electrons. The first-order valence-corrected chi connectivity index (χ1v) is 7.27. The lowest BCUT2D eigenvalue weighted by atomic mass is 10.2. The van der Waals surface area contributed by atoms with Crippen LogP contribution in [0.2, 0.25) is 0 Å². The Morgan fingerprint density at radius 3 is 2.70 bits per heavy atom. The summed E-state index contributed by atoms with van der Waals surface area (Å²) in [5.41, 5.74) is 9.52. The zero-order valence-electron chi connectivity index (χ0n) is 13.3. The molecule has 3 aromatic rings. The van der Waals surface area contributed by atoms with Gasteiger partial charge in [0.1, 0.15) is 18.0 Å². The van der Waals surface area contributed by atoms with Crippen LogP contribution in [-0.4, -0.2) is 26.8 Å². The van der Waals surface area contributed by atoms with Crippen molar-refractivity contribution in [2.45, 2.75) is 13.8 Å². The molecule has 23 heavy (non-hydrogen) atoms. The van der Waals surface area contributed by atoms with Crippen LogP contribution in [0, 0.1) is 13.8 Å².